The van der Waals surface area contributed by atoms with Crippen molar-refractivity contribution in [2.45, 2.75) is 36.3 Å². The van der Waals surface area contributed by atoms with Gasteiger partial charge in [0.1, 0.15) is 5.82 Å². The first-order chi connectivity index (χ1) is 9.65. The molecule has 0 bridgehead atoms. The van der Waals surface area contributed by atoms with E-state index >= 15 is 0 Å². The van der Waals surface area contributed by atoms with E-state index in [2.05, 4.69) is 28.3 Å². The third-order valence-corrected chi connectivity index (χ3v) is 7.73. The molecule has 1 aliphatic rings. The van der Waals surface area contributed by atoms with Gasteiger partial charge in [-0.1, -0.05) is 22.9 Å². The van der Waals surface area contributed by atoms with Crippen LogP contribution < -0.4 is 11.3 Å². The molecule has 3 unspecified atom stereocenters. The van der Waals surface area contributed by atoms with Crippen molar-refractivity contribution in [2.24, 2.45) is 5.84 Å². The van der Waals surface area contributed by atoms with Crippen LogP contribution in [0.25, 0.3) is 0 Å². The Hall–Kier alpha value is 0.250. The Morgan fingerprint density at radius 2 is 2.20 bits per heavy atom. The minimum Gasteiger partial charge on any atom is -0.271 e. The Kier molecular flexibility index (Phi) is 6.68. The number of nitrogens with two attached hydrogens (primary N) is 1. The summed E-state index contributed by atoms with van der Waals surface area (Å²) in [6, 6.07) is 4.99. The van der Waals surface area contributed by atoms with Crippen LogP contribution in [0, 0.1) is 5.82 Å². The second-order valence-corrected chi connectivity index (χ2v) is 8.35. The zero-order valence-electron chi connectivity index (χ0n) is 11.4. The van der Waals surface area contributed by atoms with E-state index in [4.69, 9.17) is 5.84 Å². The highest BCUT2D eigenvalue weighted by atomic mass is 79.9. The summed E-state index contributed by atoms with van der Waals surface area (Å²) in [6.07, 6.45) is 1.88. The van der Waals surface area contributed by atoms with E-state index in [9.17, 15) is 4.39 Å². The molecule has 3 atom stereocenters. The summed E-state index contributed by atoms with van der Waals surface area (Å²) in [5.41, 5.74) is 3.93. The minimum atomic E-state index is -0.198. The van der Waals surface area contributed by atoms with Crippen LogP contribution in [-0.4, -0.2) is 28.0 Å². The minimum absolute atomic E-state index is 0.163. The molecule has 2 nitrogen and oxygen atoms in total. The zero-order chi connectivity index (χ0) is 14.5. The molecule has 0 spiro atoms. The molecular formula is C14H20BrFN2S2. The van der Waals surface area contributed by atoms with Crippen molar-refractivity contribution >= 4 is 39.5 Å². The van der Waals surface area contributed by atoms with E-state index < -0.39 is 0 Å². The van der Waals surface area contributed by atoms with Gasteiger partial charge in [-0.05, 0) is 36.6 Å². The van der Waals surface area contributed by atoms with E-state index in [0.29, 0.717) is 10.5 Å². The topological polar surface area (TPSA) is 38.0 Å². The number of hydrazine groups is 1. The molecule has 20 heavy (non-hydrogen) atoms. The lowest BCUT2D eigenvalue weighted by Gasteiger charge is -2.35. The number of rotatable bonds is 5. The summed E-state index contributed by atoms with van der Waals surface area (Å²) >= 11 is 7.51. The van der Waals surface area contributed by atoms with E-state index in [0.717, 1.165) is 28.6 Å². The van der Waals surface area contributed by atoms with Gasteiger partial charge in [0.05, 0.1) is 0 Å². The summed E-state index contributed by atoms with van der Waals surface area (Å²) in [7, 11) is 0. The second kappa shape index (κ2) is 8.03. The van der Waals surface area contributed by atoms with Gasteiger partial charge in [0.25, 0.3) is 0 Å². The molecule has 1 aromatic rings. The van der Waals surface area contributed by atoms with Gasteiger partial charge in [-0.25, -0.2) is 4.39 Å². The van der Waals surface area contributed by atoms with Gasteiger partial charge in [0.2, 0.25) is 0 Å². The predicted octanol–water partition coefficient (Wildman–Crippen LogP) is 3.59. The summed E-state index contributed by atoms with van der Waals surface area (Å²) in [5.74, 6) is 7.95. The fourth-order valence-corrected chi connectivity index (χ4v) is 6.17. The van der Waals surface area contributed by atoms with Crippen molar-refractivity contribution < 1.29 is 4.39 Å². The lowest BCUT2D eigenvalue weighted by atomic mass is 10.0. The number of hydrogen-bond acceptors (Lipinski definition) is 4. The van der Waals surface area contributed by atoms with Gasteiger partial charge in [0, 0.05) is 32.5 Å². The molecule has 0 amide bonds. The normalized spacial score (nSPS) is 24.6. The maximum Gasteiger partial charge on any atom is 0.123 e. The fourth-order valence-electron chi connectivity index (χ4n) is 2.52. The molecule has 0 saturated carbocycles. The Balaban J connectivity index is 2.13. The highest BCUT2D eigenvalue weighted by molar-refractivity contribution is 9.10. The summed E-state index contributed by atoms with van der Waals surface area (Å²) < 4.78 is 14.3. The Bertz CT molecular complexity index is 447. The van der Waals surface area contributed by atoms with Crippen LogP contribution in [0.5, 0.6) is 0 Å². The van der Waals surface area contributed by atoms with Crippen molar-refractivity contribution in [3.8, 4) is 0 Å². The maximum atomic E-state index is 13.4. The van der Waals surface area contributed by atoms with Crippen LogP contribution in [0.3, 0.4) is 0 Å². The Labute approximate surface area is 136 Å². The number of thioether (sulfide) groups is 2. The van der Waals surface area contributed by atoms with Gasteiger partial charge in [-0.3, -0.25) is 11.3 Å². The van der Waals surface area contributed by atoms with Crippen molar-refractivity contribution in [2.75, 3.05) is 11.5 Å². The standard InChI is InChI=1S/C14H20BrFN2S2/c1-2-13-14(20-6-5-19-13)12(18-17)8-9-7-10(16)3-4-11(9)15/h3-4,7,12-14,18H,2,5-6,8,17H2,1H3. The van der Waals surface area contributed by atoms with Gasteiger partial charge in [-0.15, -0.1) is 0 Å². The number of nitrogens with one attached hydrogen (secondary N) is 1. The highest BCUT2D eigenvalue weighted by Crippen LogP contribution is 2.36. The molecular weight excluding hydrogens is 359 g/mol. The highest BCUT2D eigenvalue weighted by Gasteiger charge is 2.31. The largest absolute Gasteiger partial charge is 0.271 e. The summed E-state index contributed by atoms with van der Waals surface area (Å²) in [4.78, 5) is 0. The maximum absolute atomic E-state index is 13.4. The van der Waals surface area contributed by atoms with Crippen molar-refractivity contribution in [3.63, 3.8) is 0 Å². The SMILES string of the molecule is CCC1SCCSC1C(Cc1cc(F)ccc1Br)NN. The Morgan fingerprint density at radius 1 is 1.45 bits per heavy atom. The smallest absolute Gasteiger partial charge is 0.123 e. The van der Waals surface area contributed by atoms with Crippen LogP contribution >= 0.6 is 39.5 Å². The van der Waals surface area contributed by atoms with E-state index in [1.807, 2.05) is 23.5 Å². The molecule has 3 N–H and O–H groups in total. The summed E-state index contributed by atoms with van der Waals surface area (Å²) in [5, 5.41) is 1.08. The molecule has 1 fully saturated rings. The first-order valence-electron chi connectivity index (χ1n) is 6.79. The molecule has 6 heteroatoms. The average Bonchev–Trinajstić information content (AvgIpc) is 2.48. The first-order valence-corrected chi connectivity index (χ1v) is 9.68. The van der Waals surface area contributed by atoms with Gasteiger partial charge in [-0.2, -0.15) is 23.5 Å². The van der Waals surface area contributed by atoms with Crippen molar-refractivity contribution in [1.29, 1.82) is 0 Å². The second-order valence-electron chi connectivity index (χ2n) is 4.87. The van der Waals surface area contributed by atoms with Crippen LogP contribution in [0.2, 0.25) is 0 Å². The first kappa shape index (κ1) is 16.6. The molecule has 1 saturated heterocycles. The van der Waals surface area contributed by atoms with Crippen LogP contribution in [0.15, 0.2) is 22.7 Å². The average molecular weight is 379 g/mol. The quantitative estimate of drug-likeness (QED) is 0.606. The van der Waals surface area contributed by atoms with Gasteiger partial charge < -0.3 is 0 Å². The van der Waals surface area contributed by atoms with Crippen molar-refractivity contribution in [1.82, 2.24) is 5.43 Å². The van der Waals surface area contributed by atoms with Crippen LogP contribution in [0.1, 0.15) is 18.9 Å². The molecule has 0 radical (unpaired) electrons. The molecule has 0 aliphatic carbocycles. The van der Waals surface area contributed by atoms with E-state index in [-0.39, 0.29) is 11.9 Å². The van der Waals surface area contributed by atoms with Crippen LogP contribution in [-0.2, 0) is 6.42 Å². The van der Waals surface area contributed by atoms with Crippen molar-refractivity contribution in [3.05, 3.63) is 34.1 Å². The third kappa shape index (κ3) is 4.13. The van der Waals surface area contributed by atoms with Crippen LogP contribution in [0.4, 0.5) is 4.39 Å². The monoisotopic (exact) mass is 378 g/mol. The molecule has 1 aromatic carbocycles. The van der Waals surface area contributed by atoms with Gasteiger partial charge >= 0.3 is 0 Å². The number of benzene rings is 1. The van der Waals surface area contributed by atoms with E-state index in [1.54, 1.807) is 12.1 Å². The molecule has 2 rings (SSSR count). The molecule has 1 aliphatic heterocycles. The zero-order valence-corrected chi connectivity index (χ0v) is 14.7. The number of hydrogen-bond donors (Lipinski definition) is 2. The lowest BCUT2D eigenvalue weighted by molar-refractivity contribution is 0.488. The fraction of sp³-hybridized carbons (Fsp3) is 0.571. The summed E-state index contributed by atoms with van der Waals surface area (Å²) in [6.45, 7) is 2.22. The molecule has 112 valence electrons. The molecule has 1 heterocycles. The third-order valence-electron chi connectivity index (χ3n) is 3.55. The predicted molar refractivity (Wildman–Crippen MR) is 91.7 cm³/mol. The number of halogens is 2. The Morgan fingerprint density at radius 3 is 2.90 bits per heavy atom. The molecule has 0 aromatic heterocycles. The van der Waals surface area contributed by atoms with E-state index in [1.165, 1.54) is 11.8 Å². The lowest BCUT2D eigenvalue weighted by Crippen LogP contribution is -2.49. The van der Waals surface area contributed by atoms with Gasteiger partial charge in [0.15, 0.2) is 0 Å².